The van der Waals surface area contributed by atoms with Crippen LogP contribution in [0.4, 0.5) is 0 Å². The SMILES string of the molecule is C/C(=C\c1ccco1)CN1CCC(C(Cc2ccccc2)N(C(=O)c2ccccn2)C2CC2)CC1. The topological polar surface area (TPSA) is 49.6 Å². The Hall–Kier alpha value is -3.18. The number of rotatable bonds is 9. The number of benzene rings is 1. The predicted molar refractivity (Wildman–Crippen MR) is 139 cm³/mol. The van der Waals surface area contributed by atoms with Crippen LogP contribution in [0.5, 0.6) is 0 Å². The van der Waals surface area contributed by atoms with Crippen LogP contribution >= 0.6 is 0 Å². The Kier molecular flexibility index (Phi) is 7.43. The molecule has 1 atom stereocenters. The standard InChI is InChI=1S/C30H35N3O2/c1-23(20-27-10-7-19-35-27)22-32-17-14-25(15-18-32)29(21-24-8-3-2-4-9-24)33(26-12-13-26)30(34)28-11-5-6-16-31-28/h2-11,16,19-20,25-26,29H,12-15,17-18,21-22H2,1H3/b23-20+. The van der Waals surface area contributed by atoms with Crippen LogP contribution in [0.1, 0.15) is 54.4 Å². The predicted octanol–water partition coefficient (Wildman–Crippen LogP) is 5.71. The summed E-state index contributed by atoms with van der Waals surface area (Å²) in [6, 6.07) is 20.8. The first-order valence-corrected chi connectivity index (χ1v) is 12.9. The molecule has 5 rings (SSSR count). The molecule has 0 N–H and O–H groups in total. The van der Waals surface area contributed by atoms with Crippen LogP contribution in [0.25, 0.3) is 6.08 Å². The summed E-state index contributed by atoms with van der Waals surface area (Å²) in [5.41, 5.74) is 3.18. The third-order valence-corrected chi connectivity index (χ3v) is 7.28. The quantitative estimate of drug-likeness (QED) is 0.403. The van der Waals surface area contributed by atoms with Gasteiger partial charge >= 0.3 is 0 Å². The van der Waals surface area contributed by atoms with Crippen molar-refractivity contribution in [1.82, 2.24) is 14.8 Å². The van der Waals surface area contributed by atoms with Gasteiger partial charge in [-0.05, 0) is 93.9 Å². The van der Waals surface area contributed by atoms with Gasteiger partial charge in [-0.1, -0.05) is 42.0 Å². The van der Waals surface area contributed by atoms with Gasteiger partial charge in [0.15, 0.2) is 0 Å². The molecule has 1 aromatic carbocycles. The number of nitrogens with zero attached hydrogens (tertiary/aromatic N) is 3. The number of piperidine rings is 1. The molecule has 3 heterocycles. The number of carbonyl (C=O) groups excluding carboxylic acids is 1. The molecule has 5 nitrogen and oxygen atoms in total. The number of carbonyl (C=O) groups is 1. The van der Waals surface area contributed by atoms with Crippen LogP contribution < -0.4 is 0 Å². The molecule has 1 amide bonds. The van der Waals surface area contributed by atoms with Gasteiger partial charge in [0.2, 0.25) is 0 Å². The first-order valence-electron chi connectivity index (χ1n) is 12.9. The normalized spacial score (nSPS) is 18.4. The Bertz CT molecular complexity index is 1100. The van der Waals surface area contributed by atoms with Crippen LogP contribution in [-0.2, 0) is 6.42 Å². The maximum absolute atomic E-state index is 13.7. The van der Waals surface area contributed by atoms with Crippen molar-refractivity contribution in [2.75, 3.05) is 19.6 Å². The number of likely N-dealkylation sites (tertiary alicyclic amines) is 1. The molecule has 35 heavy (non-hydrogen) atoms. The van der Waals surface area contributed by atoms with E-state index in [2.05, 4.69) is 58.1 Å². The molecule has 182 valence electrons. The van der Waals surface area contributed by atoms with Gasteiger partial charge in [-0.2, -0.15) is 0 Å². The molecule has 0 bridgehead atoms. The minimum absolute atomic E-state index is 0.0914. The number of furan rings is 1. The Morgan fingerprint density at radius 2 is 1.83 bits per heavy atom. The number of pyridine rings is 1. The minimum Gasteiger partial charge on any atom is -0.465 e. The van der Waals surface area contributed by atoms with Gasteiger partial charge < -0.3 is 9.32 Å². The van der Waals surface area contributed by atoms with E-state index in [9.17, 15) is 4.79 Å². The zero-order valence-corrected chi connectivity index (χ0v) is 20.6. The lowest BCUT2D eigenvalue weighted by Crippen LogP contribution is -2.50. The first-order chi connectivity index (χ1) is 17.2. The van der Waals surface area contributed by atoms with E-state index in [0.717, 1.165) is 57.5 Å². The van der Waals surface area contributed by atoms with Crippen LogP contribution in [0.3, 0.4) is 0 Å². The third kappa shape index (κ3) is 6.09. The lowest BCUT2D eigenvalue weighted by molar-refractivity contribution is 0.0489. The summed E-state index contributed by atoms with van der Waals surface area (Å²) in [6.45, 7) is 5.23. The van der Waals surface area contributed by atoms with Crippen molar-refractivity contribution in [2.24, 2.45) is 5.92 Å². The van der Waals surface area contributed by atoms with Gasteiger partial charge in [0.1, 0.15) is 11.5 Å². The van der Waals surface area contributed by atoms with E-state index in [4.69, 9.17) is 4.42 Å². The smallest absolute Gasteiger partial charge is 0.272 e. The van der Waals surface area contributed by atoms with Crippen LogP contribution in [0.2, 0.25) is 0 Å². The maximum atomic E-state index is 13.7. The Morgan fingerprint density at radius 1 is 1.06 bits per heavy atom. The Morgan fingerprint density at radius 3 is 2.49 bits per heavy atom. The van der Waals surface area contributed by atoms with Gasteiger partial charge in [-0.25, -0.2) is 0 Å². The van der Waals surface area contributed by atoms with E-state index in [1.807, 2.05) is 30.3 Å². The third-order valence-electron chi connectivity index (χ3n) is 7.28. The molecule has 5 heteroatoms. The van der Waals surface area contributed by atoms with E-state index in [1.165, 1.54) is 11.1 Å². The Balaban J connectivity index is 1.31. The number of amides is 1. The van der Waals surface area contributed by atoms with Crippen LogP contribution in [0.15, 0.2) is 83.1 Å². The highest BCUT2D eigenvalue weighted by molar-refractivity contribution is 5.93. The zero-order valence-electron chi connectivity index (χ0n) is 20.6. The van der Waals surface area contributed by atoms with Crippen molar-refractivity contribution in [2.45, 2.75) is 51.1 Å². The van der Waals surface area contributed by atoms with Crippen molar-refractivity contribution in [3.63, 3.8) is 0 Å². The molecule has 1 saturated carbocycles. The molecule has 1 aliphatic heterocycles. The fourth-order valence-corrected chi connectivity index (χ4v) is 5.42. The van der Waals surface area contributed by atoms with E-state index in [1.54, 1.807) is 12.5 Å². The van der Waals surface area contributed by atoms with Gasteiger partial charge in [-0.15, -0.1) is 0 Å². The summed E-state index contributed by atoms with van der Waals surface area (Å²) in [5.74, 6) is 1.48. The average Bonchev–Trinajstić information content (AvgIpc) is 3.60. The lowest BCUT2D eigenvalue weighted by Gasteiger charge is -2.42. The Labute approximate surface area is 208 Å². The second-order valence-corrected chi connectivity index (χ2v) is 10.0. The van der Waals surface area contributed by atoms with Gasteiger partial charge in [0.25, 0.3) is 5.91 Å². The van der Waals surface area contributed by atoms with Crippen molar-refractivity contribution in [3.05, 3.63) is 95.7 Å². The number of hydrogen-bond acceptors (Lipinski definition) is 4. The molecule has 3 aromatic rings. The molecule has 1 unspecified atom stereocenters. The molecule has 1 saturated heterocycles. The molecular formula is C30H35N3O2. The summed E-state index contributed by atoms with van der Waals surface area (Å²) in [4.78, 5) is 22.8. The molecule has 0 spiro atoms. The van der Waals surface area contributed by atoms with Gasteiger partial charge in [0.05, 0.1) is 6.26 Å². The maximum Gasteiger partial charge on any atom is 0.272 e. The van der Waals surface area contributed by atoms with Crippen LogP contribution in [0, 0.1) is 5.92 Å². The zero-order chi connectivity index (χ0) is 24.0. The highest BCUT2D eigenvalue weighted by Crippen LogP contribution is 2.36. The fourth-order valence-electron chi connectivity index (χ4n) is 5.42. The summed E-state index contributed by atoms with van der Waals surface area (Å²) in [7, 11) is 0. The fraction of sp³-hybridized carbons (Fsp3) is 0.400. The van der Waals surface area contributed by atoms with Crippen molar-refractivity contribution in [1.29, 1.82) is 0 Å². The molecule has 2 aliphatic rings. The van der Waals surface area contributed by atoms with Gasteiger partial charge in [0, 0.05) is 24.8 Å². The summed E-state index contributed by atoms with van der Waals surface area (Å²) < 4.78 is 5.47. The van der Waals surface area contributed by atoms with Crippen LogP contribution in [-0.4, -0.2) is 52.4 Å². The summed E-state index contributed by atoms with van der Waals surface area (Å²) in [6.07, 6.45) is 10.9. The molecule has 1 aliphatic carbocycles. The van der Waals surface area contributed by atoms with Crippen molar-refractivity contribution in [3.8, 4) is 0 Å². The van der Waals surface area contributed by atoms with E-state index >= 15 is 0 Å². The van der Waals surface area contributed by atoms with Crippen molar-refractivity contribution < 1.29 is 9.21 Å². The van der Waals surface area contributed by atoms with Crippen molar-refractivity contribution >= 4 is 12.0 Å². The number of aromatic nitrogens is 1. The largest absolute Gasteiger partial charge is 0.465 e. The lowest BCUT2D eigenvalue weighted by atomic mass is 9.84. The van der Waals surface area contributed by atoms with E-state index in [-0.39, 0.29) is 11.9 Å². The molecule has 2 aromatic heterocycles. The summed E-state index contributed by atoms with van der Waals surface area (Å²) in [5, 5.41) is 0. The van der Waals surface area contributed by atoms with E-state index < -0.39 is 0 Å². The molecule has 0 radical (unpaired) electrons. The second kappa shape index (κ2) is 11.0. The first kappa shape index (κ1) is 23.6. The molecule has 2 fully saturated rings. The number of hydrogen-bond donors (Lipinski definition) is 0. The van der Waals surface area contributed by atoms with E-state index in [0.29, 0.717) is 17.7 Å². The summed E-state index contributed by atoms with van der Waals surface area (Å²) >= 11 is 0. The van der Waals surface area contributed by atoms with Gasteiger partial charge in [-0.3, -0.25) is 14.7 Å². The average molecular weight is 470 g/mol. The molecular weight excluding hydrogens is 434 g/mol. The highest BCUT2D eigenvalue weighted by atomic mass is 16.3. The minimum atomic E-state index is 0.0914. The highest BCUT2D eigenvalue weighted by Gasteiger charge is 2.41. The monoisotopic (exact) mass is 469 g/mol. The second-order valence-electron chi connectivity index (χ2n) is 10.0.